The molecular formula is C42H29BN4O2PdPt. The normalized spacial score (nSPS) is 11.2. The van der Waals surface area contributed by atoms with Crippen LogP contribution in [0.2, 0.25) is 0 Å². The summed E-state index contributed by atoms with van der Waals surface area (Å²) >= 11 is 0. The zero-order valence-corrected chi connectivity index (χ0v) is 32.0. The Bertz CT molecular complexity index is 2230. The van der Waals surface area contributed by atoms with Crippen molar-refractivity contribution in [3.63, 3.8) is 0 Å². The molecule has 0 bridgehead atoms. The third-order valence-corrected chi connectivity index (χ3v) is 8.63. The van der Waals surface area contributed by atoms with Crippen LogP contribution in [-0.4, -0.2) is 26.6 Å². The Labute approximate surface area is 326 Å². The Balaban J connectivity index is 0.00000224. The van der Waals surface area contributed by atoms with Crippen LogP contribution in [0.1, 0.15) is 22.3 Å². The maximum absolute atomic E-state index is 6.46. The predicted octanol–water partition coefficient (Wildman–Crippen LogP) is 7.11. The number of pyridine rings is 2. The van der Waals surface area contributed by atoms with E-state index < -0.39 is 0 Å². The van der Waals surface area contributed by atoms with Crippen LogP contribution in [0, 0.1) is 52.0 Å². The molecule has 0 spiro atoms. The van der Waals surface area contributed by atoms with Crippen molar-refractivity contribution in [2.45, 2.75) is 27.7 Å². The van der Waals surface area contributed by atoms with E-state index in [9.17, 15) is 0 Å². The smallest absolute Gasteiger partial charge is 0.503 e. The molecule has 0 radical (unpaired) electrons. The summed E-state index contributed by atoms with van der Waals surface area (Å²) in [5, 5.41) is 0. The summed E-state index contributed by atoms with van der Waals surface area (Å²) in [5.74, 6) is 2.39. The van der Waals surface area contributed by atoms with Crippen molar-refractivity contribution in [1.29, 1.82) is 0 Å². The first-order valence-electron chi connectivity index (χ1n) is 16.1. The fourth-order valence-electron chi connectivity index (χ4n) is 6.08. The average molecular weight is 934 g/mol. The van der Waals surface area contributed by atoms with E-state index in [4.69, 9.17) is 9.47 Å². The second-order valence-electron chi connectivity index (χ2n) is 12.2. The van der Waals surface area contributed by atoms with Gasteiger partial charge < -0.3 is 19.4 Å². The first kappa shape index (κ1) is 36.1. The molecule has 0 atom stereocenters. The molecule has 8 rings (SSSR count). The van der Waals surface area contributed by atoms with Crippen LogP contribution >= 0.6 is 0 Å². The molecule has 6 nitrogen and oxygen atoms in total. The van der Waals surface area contributed by atoms with Crippen molar-refractivity contribution < 1.29 is 51.0 Å². The largest absolute Gasteiger partial charge is 2.00 e. The average Bonchev–Trinajstić information content (AvgIpc) is 3.43. The summed E-state index contributed by atoms with van der Waals surface area (Å²) in [4.78, 5) is 18.4. The Hall–Kier alpha value is -4.72. The molecule has 0 aliphatic carbocycles. The van der Waals surface area contributed by atoms with E-state index >= 15 is 0 Å². The number of aromatic nitrogens is 4. The second kappa shape index (κ2) is 15.3. The first-order valence-corrected chi connectivity index (χ1v) is 16.1. The van der Waals surface area contributed by atoms with Gasteiger partial charge in [0, 0.05) is 47.8 Å². The van der Waals surface area contributed by atoms with E-state index in [2.05, 4.69) is 70.2 Å². The van der Waals surface area contributed by atoms with Gasteiger partial charge in [0.25, 0.3) is 0 Å². The number of hydrogen-bond acceptors (Lipinski definition) is 6. The minimum Gasteiger partial charge on any atom is -0.503 e. The Morgan fingerprint density at radius 1 is 0.529 bits per heavy atom. The van der Waals surface area contributed by atoms with E-state index in [1.165, 1.54) is 0 Å². The second-order valence-corrected chi connectivity index (χ2v) is 12.2. The third-order valence-electron chi connectivity index (χ3n) is 8.63. The number of nitrogens with zero attached hydrogens (tertiary/aromatic N) is 4. The molecule has 4 heterocycles. The van der Waals surface area contributed by atoms with E-state index in [0.29, 0.717) is 28.7 Å². The van der Waals surface area contributed by atoms with Crippen LogP contribution in [0.5, 0.6) is 23.0 Å². The van der Waals surface area contributed by atoms with Gasteiger partial charge in [-0.15, -0.1) is 59.7 Å². The molecule has 4 aromatic carbocycles. The maximum Gasteiger partial charge on any atom is 2.00 e. The SMILES string of the molecule is Cc1ccnc(-c2[c-]c(Oc3[c-]c4c(cc3)-c3ccc(Oc5[c-]c(-c6cc(C)ccn6)ccc5C)[c-]c3B4c3ncccn3)c(C)cc2)c1.[Pd+2].[Pt+2]. The van der Waals surface area contributed by atoms with Crippen molar-refractivity contribution in [3.05, 3.63) is 150 Å². The summed E-state index contributed by atoms with van der Waals surface area (Å²) < 4.78 is 12.9. The number of ether oxygens (including phenoxy) is 2. The van der Waals surface area contributed by atoms with Crippen molar-refractivity contribution in [3.8, 4) is 56.6 Å². The van der Waals surface area contributed by atoms with Crippen LogP contribution in [0.15, 0.2) is 104 Å². The van der Waals surface area contributed by atoms with Crippen LogP contribution in [0.25, 0.3) is 33.6 Å². The van der Waals surface area contributed by atoms with Gasteiger partial charge in [0.15, 0.2) is 0 Å². The molecule has 0 fully saturated rings. The standard InChI is InChI=1S/C42H29BN4O2.Pd.Pt/c1-26-14-18-44-38(20-26)30-8-6-28(3)40(22-30)48-32-10-12-34-35-13-11-33(25-37(35)43(36(34)24-32)42-46-16-5-17-47-42)49-41-23-31(9-7-29(41)4)39-21-27(2)15-19-45-39;;/h5-21H,1-4H3;;/q-4;2*+2. The molecule has 0 saturated carbocycles. The van der Waals surface area contributed by atoms with Crippen LogP contribution in [0.4, 0.5) is 0 Å². The van der Waals surface area contributed by atoms with Crippen molar-refractivity contribution in [1.82, 2.24) is 19.9 Å². The zero-order chi connectivity index (χ0) is 33.5. The third kappa shape index (κ3) is 7.37. The molecule has 3 aromatic heterocycles. The van der Waals surface area contributed by atoms with Gasteiger partial charge in [-0.05, 0) is 43.4 Å². The summed E-state index contributed by atoms with van der Waals surface area (Å²) in [7, 11) is 0. The van der Waals surface area contributed by atoms with Crippen LogP contribution in [0.3, 0.4) is 0 Å². The summed E-state index contributed by atoms with van der Waals surface area (Å²) in [6.45, 7) is 7.79. The number of benzene rings is 4. The summed E-state index contributed by atoms with van der Waals surface area (Å²) in [6, 6.07) is 39.9. The number of hydrogen-bond donors (Lipinski definition) is 0. The monoisotopic (exact) mass is 933 g/mol. The topological polar surface area (TPSA) is 70.0 Å². The van der Waals surface area contributed by atoms with Gasteiger partial charge in [0.2, 0.25) is 6.71 Å². The maximum atomic E-state index is 6.46. The molecule has 0 N–H and O–H groups in total. The number of fused-ring (bicyclic) bond motifs is 3. The fraction of sp³-hybridized carbons (Fsp3) is 0.0952. The van der Waals surface area contributed by atoms with Gasteiger partial charge in [-0.1, -0.05) is 60.4 Å². The van der Waals surface area contributed by atoms with Gasteiger partial charge in [-0.25, -0.2) is 0 Å². The first-order chi connectivity index (χ1) is 23.9. The van der Waals surface area contributed by atoms with Crippen molar-refractivity contribution >= 4 is 23.4 Å². The molecule has 1 aliphatic heterocycles. The van der Waals surface area contributed by atoms with Crippen LogP contribution in [-0.2, 0) is 41.5 Å². The molecule has 51 heavy (non-hydrogen) atoms. The van der Waals surface area contributed by atoms with Crippen molar-refractivity contribution in [2.24, 2.45) is 0 Å². The van der Waals surface area contributed by atoms with E-state index in [1.807, 2.05) is 93.0 Å². The molecule has 0 amide bonds. The molecule has 1 aliphatic rings. The molecule has 9 heteroatoms. The molecule has 0 unspecified atom stereocenters. The predicted molar refractivity (Wildman–Crippen MR) is 192 cm³/mol. The molecular weight excluding hydrogens is 905 g/mol. The Morgan fingerprint density at radius 2 is 1.00 bits per heavy atom. The van der Waals surface area contributed by atoms with Gasteiger partial charge in [0.05, 0.1) is 5.72 Å². The Morgan fingerprint density at radius 3 is 1.45 bits per heavy atom. The van der Waals surface area contributed by atoms with Gasteiger partial charge >= 0.3 is 41.5 Å². The van der Waals surface area contributed by atoms with E-state index in [-0.39, 0.29) is 48.2 Å². The minimum atomic E-state index is -0.320. The number of aryl methyl sites for hydroxylation is 4. The van der Waals surface area contributed by atoms with Crippen molar-refractivity contribution in [2.75, 3.05) is 0 Å². The van der Waals surface area contributed by atoms with Gasteiger partial charge in [-0.2, -0.15) is 34.2 Å². The molecule has 0 saturated heterocycles. The summed E-state index contributed by atoms with van der Waals surface area (Å²) in [5.41, 5.74) is 12.1. The fourth-order valence-corrected chi connectivity index (χ4v) is 6.08. The molecule has 7 aromatic rings. The quantitative estimate of drug-likeness (QED) is 0.126. The number of rotatable bonds is 7. The minimum absolute atomic E-state index is 0. The summed E-state index contributed by atoms with van der Waals surface area (Å²) in [6.07, 6.45) is 7.13. The van der Waals surface area contributed by atoms with E-state index in [1.54, 1.807) is 12.4 Å². The zero-order valence-electron chi connectivity index (χ0n) is 28.1. The molecule has 252 valence electrons. The Kier molecular flexibility index (Phi) is 10.8. The van der Waals surface area contributed by atoms with Crippen LogP contribution < -0.4 is 26.1 Å². The van der Waals surface area contributed by atoms with Gasteiger partial charge in [0.1, 0.15) is 0 Å². The van der Waals surface area contributed by atoms with Gasteiger partial charge in [-0.3, -0.25) is 9.97 Å². The van der Waals surface area contributed by atoms with E-state index in [0.717, 1.165) is 66.8 Å².